The molecule has 106 valence electrons. The van der Waals surface area contributed by atoms with Crippen molar-refractivity contribution in [3.8, 4) is 17.3 Å². The van der Waals surface area contributed by atoms with E-state index in [0.717, 1.165) is 0 Å². The second kappa shape index (κ2) is 5.89. The van der Waals surface area contributed by atoms with Crippen LogP contribution in [-0.4, -0.2) is 15.2 Å². The van der Waals surface area contributed by atoms with Gasteiger partial charge in [-0.1, -0.05) is 36.4 Å². The maximum absolute atomic E-state index is 12.1. The predicted octanol–water partition coefficient (Wildman–Crippen LogP) is 2.45. The third kappa shape index (κ3) is 2.83. The topological polar surface area (TPSA) is 94.5 Å². The molecule has 0 atom stereocenters. The van der Waals surface area contributed by atoms with Gasteiger partial charge in [0.05, 0.1) is 11.6 Å². The zero-order valence-electron chi connectivity index (χ0n) is 11.4. The minimum Gasteiger partial charge on any atom is -0.324 e. The summed E-state index contributed by atoms with van der Waals surface area (Å²) in [5, 5.41) is 19.7. The van der Waals surface area contributed by atoms with E-state index < -0.39 is 0 Å². The van der Waals surface area contributed by atoms with Gasteiger partial charge >= 0.3 is 0 Å². The molecule has 6 heteroatoms. The van der Waals surface area contributed by atoms with Crippen LogP contribution in [-0.2, 0) is 0 Å². The van der Waals surface area contributed by atoms with Gasteiger partial charge in [-0.05, 0) is 18.2 Å². The lowest BCUT2D eigenvalue weighted by Crippen LogP contribution is -2.15. The minimum absolute atomic E-state index is 0.222. The number of H-pyrrole nitrogens is 1. The van der Waals surface area contributed by atoms with Crippen molar-refractivity contribution in [2.75, 3.05) is 5.32 Å². The van der Waals surface area contributed by atoms with Crippen LogP contribution >= 0.6 is 0 Å². The first kappa shape index (κ1) is 13.5. The third-order valence-electron chi connectivity index (χ3n) is 3.00. The van der Waals surface area contributed by atoms with Crippen LogP contribution in [0.15, 0.2) is 59.4 Å². The molecule has 3 aromatic rings. The van der Waals surface area contributed by atoms with E-state index in [4.69, 9.17) is 5.26 Å². The van der Waals surface area contributed by atoms with Crippen LogP contribution in [0.1, 0.15) is 5.56 Å². The van der Waals surface area contributed by atoms with Gasteiger partial charge in [-0.2, -0.15) is 5.26 Å². The zero-order chi connectivity index (χ0) is 15.4. The molecule has 6 nitrogen and oxygen atoms in total. The van der Waals surface area contributed by atoms with E-state index in [9.17, 15) is 4.79 Å². The van der Waals surface area contributed by atoms with Gasteiger partial charge in [0.1, 0.15) is 0 Å². The number of aromatic amines is 1. The maximum atomic E-state index is 12.1. The Labute approximate surface area is 126 Å². The zero-order valence-corrected chi connectivity index (χ0v) is 11.4. The Balaban J connectivity index is 1.89. The SMILES string of the molecule is N#Cc1cccc(Nc2nnc(-c3ccccc3)c(=O)[nH]2)c1. The maximum Gasteiger partial charge on any atom is 0.279 e. The quantitative estimate of drug-likeness (QED) is 0.772. The molecule has 0 aliphatic rings. The summed E-state index contributed by atoms with van der Waals surface area (Å²) in [6.45, 7) is 0. The molecule has 0 amide bonds. The molecule has 0 unspecified atom stereocenters. The van der Waals surface area contributed by atoms with E-state index in [1.165, 1.54) is 0 Å². The van der Waals surface area contributed by atoms with Crippen LogP contribution in [0.3, 0.4) is 0 Å². The van der Waals surface area contributed by atoms with Crippen LogP contribution in [0.5, 0.6) is 0 Å². The number of hydrogen-bond donors (Lipinski definition) is 2. The van der Waals surface area contributed by atoms with Crippen molar-refractivity contribution in [1.29, 1.82) is 5.26 Å². The first-order chi connectivity index (χ1) is 10.8. The molecule has 0 aliphatic heterocycles. The first-order valence-corrected chi connectivity index (χ1v) is 6.56. The molecule has 22 heavy (non-hydrogen) atoms. The average Bonchev–Trinajstić information content (AvgIpc) is 2.56. The molecule has 0 spiro atoms. The Morgan fingerprint density at radius 2 is 1.86 bits per heavy atom. The molecule has 0 saturated heterocycles. The van der Waals surface area contributed by atoms with Gasteiger partial charge in [-0.25, -0.2) is 0 Å². The summed E-state index contributed by atoms with van der Waals surface area (Å²) in [4.78, 5) is 14.7. The summed E-state index contributed by atoms with van der Waals surface area (Å²) in [7, 11) is 0. The summed E-state index contributed by atoms with van der Waals surface area (Å²) < 4.78 is 0. The molecular formula is C16H11N5O. The molecule has 0 aliphatic carbocycles. The second-order valence-corrected chi connectivity index (χ2v) is 4.53. The van der Waals surface area contributed by atoms with Crippen LogP contribution < -0.4 is 10.9 Å². The van der Waals surface area contributed by atoms with Gasteiger partial charge in [0.2, 0.25) is 5.95 Å². The van der Waals surface area contributed by atoms with Crippen LogP contribution in [0, 0.1) is 11.3 Å². The standard InChI is InChI=1S/C16H11N5O/c17-10-11-5-4-8-13(9-11)18-16-19-15(22)14(20-21-16)12-6-2-1-3-7-12/h1-9H,(H2,18,19,21,22). The molecule has 3 rings (SSSR count). The van der Waals surface area contributed by atoms with Crippen LogP contribution in [0.4, 0.5) is 11.6 Å². The van der Waals surface area contributed by atoms with E-state index in [-0.39, 0.29) is 17.2 Å². The van der Waals surface area contributed by atoms with Gasteiger partial charge in [-0.3, -0.25) is 9.78 Å². The monoisotopic (exact) mass is 289 g/mol. The number of benzene rings is 2. The highest BCUT2D eigenvalue weighted by atomic mass is 16.1. The van der Waals surface area contributed by atoms with E-state index in [0.29, 0.717) is 16.8 Å². The summed E-state index contributed by atoms with van der Waals surface area (Å²) >= 11 is 0. The highest BCUT2D eigenvalue weighted by molar-refractivity contribution is 5.59. The molecule has 1 aromatic heterocycles. The van der Waals surface area contributed by atoms with Crippen molar-refractivity contribution in [1.82, 2.24) is 15.2 Å². The Morgan fingerprint density at radius 3 is 2.59 bits per heavy atom. The molecule has 2 aromatic carbocycles. The highest BCUT2D eigenvalue weighted by Gasteiger charge is 2.07. The predicted molar refractivity (Wildman–Crippen MR) is 82.5 cm³/mol. The largest absolute Gasteiger partial charge is 0.324 e. The fourth-order valence-corrected chi connectivity index (χ4v) is 1.98. The number of nitrogens with zero attached hydrogens (tertiary/aromatic N) is 3. The Bertz CT molecular complexity index is 896. The smallest absolute Gasteiger partial charge is 0.279 e. The first-order valence-electron chi connectivity index (χ1n) is 6.56. The Hall–Kier alpha value is -3.46. The summed E-state index contributed by atoms with van der Waals surface area (Å²) in [6.07, 6.45) is 0. The van der Waals surface area contributed by atoms with Crippen molar-refractivity contribution in [3.05, 3.63) is 70.5 Å². The molecule has 2 N–H and O–H groups in total. The fourth-order valence-electron chi connectivity index (χ4n) is 1.98. The van der Waals surface area contributed by atoms with Crippen molar-refractivity contribution >= 4 is 11.6 Å². The fraction of sp³-hybridized carbons (Fsp3) is 0. The van der Waals surface area contributed by atoms with Crippen molar-refractivity contribution in [2.24, 2.45) is 0 Å². The molecule has 0 saturated carbocycles. The van der Waals surface area contributed by atoms with Crippen molar-refractivity contribution in [2.45, 2.75) is 0 Å². The van der Waals surface area contributed by atoms with Crippen molar-refractivity contribution in [3.63, 3.8) is 0 Å². The number of nitriles is 1. The summed E-state index contributed by atoms with van der Waals surface area (Å²) in [5.41, 5.74) is 1.80. The van der Waals surface area contributed by atoms with Gasteiger partial charge in [-0.15, -0.1) is 10.2 Å². The van der Waals surface area contributed by atoms with Crippen LogP contribution in [0.25, 0.3) is 11.3 Å². The minimum atomic E-state index is -0.333. The van der Waals surface area contributed by atoms with E-state index in [1.807, 2.05) is 24.3 Å². The lowest BCUT2D eigenvalue weighted by molar-refractivity contribution is 0.962. The van der Waals surface area contributed by atoms with Gasteiger partial charge in [0.15, 0.2) is 5.69 Å². The average molecular weight is 289 g/mol. The van der Waals surface area contributed by atoms with E-state index >= 15 is 0 Å². The third-order valence-corrected chi connectivity index (χ3v) is 3.00. The molecular weight excluding hydrogens is 278 g/mol. The molecule has 0 fully saturated rings. The van der Waals surface area contributed by atoms with Gasteiger partial charge in [0, 0.05) is 11.3 Å². The van der Waals surface area contributed by atoms with Gasteiger partial charge in [0.25, 0.3) is 5.56 Å². The number of anilines is 2. The van der Waals surface area contributed by atoms with Crippen molar-refractivity contribution < 1.29 is 0 Å². The lowest BCUT2D eigenvalue weighted by Gasteiger charge is -2.05. The lowest BCUT2D eigenvalue weighted by atomic mass is 10.2. The van der Waals surface area contributed by atoms with Gasteiger partial charge < -0.3 is 5.32 Å². The Morgan fingerprint density at radius 1 is 1.05 bits per heavy atom. The van der Waals surface area contributed by atoms with E-state index in [1.54, 1.807) is 36.4 Å². The summed E-state index contributed by atoms with van der Waals surface area (Å²) in [5.74, 6) is 0.222. The second-order valence-electron chi connectivity index (χ2n) is 4.53. The molecule has 1 heterocycles. The highest BCUT2D eigenvalue weighted by Crippen LogP contribution is 2.15. The van der Waals surface area contributed by atoms with Crippen LogP contribution in [0.2, 0.25) is 0 Å². The Kier molecular flexibility index (Phi) is 3.62. The molecule has 0 bridgehead atoms. The molecule has 0 radical (unpaired) electrons. The number of nitrogens with one attached hydrogen (secondary N) is 2. The number of hydrogen-bond acceptors (Lipinski definition) is 5. The number of aromatic nitrogens is 3. The number of rotatable bonds is 3. The normalized spacial score (nSPS) is 9.95. The summed E-state index contributed by atoms with van der Waals surface area (Å²) in [6, 6.07) is 18.0. The van der Waals surface area contributed by atoms with E-state index in [2.05, 4.69) is 20.5 Å².